The van der Waals surface area contributed by atoms with Crippen LogP contribution < -0.4 is 10.6 Å². The van der Waals surface area contributed by atoms with Crippen LogP contribution in [0, 0.1) is 5.41 Å². The fourth-order valence-electron chi connectivity index (χ4n) is 2.09. The van der Waals surface area contributed by atoms with E-state index in [4.69, 9.17) is 0 Å². The molecule has 0 aromatic rings. The van der Waals surface area contributed by atoms with Gasteiger partial charge in [-0.05, 0) is 24.7 Å². The fourth-order valence-corrected chi connectivity index (χ4v) is 3.04. The van der Waals surface area contributed by atoms with Crippen LogP contribution in [0.3, 0.4) is 0 Å². The molecule has 1 unspecified atom stereocenters. The van der Waals surface area contributed by atoms with Crippen molar-refractivity contribution in [3.8, 4) is 0 Å². The van der Waals surface area contributed by atoms with Crippen molar-refractivity contribution in [3.05, 3.63) is 0 Å². The average molecular weight is 214 g/mol. The van der Waals surface area contributed by atoms with Crippen molar-refractivity contribution >= 4 is 11.8 Å². The number of rotatable bonds is 5. The lowest BCUT2D eigenvalue weighted by molar-refractivity contribution is 0.420. The third-order valence-corrected chi connectivity index (χ3v) is 4.73. The van der Waals surface area contributed by atoms with Gasteiger partial charge >= 0.3 is 0 Å². The van der Waals surface area contributed by atoms with Gasteiger partial charge in [0.1, 0.15) is 0 Å². The highest BCUT2D eigenvalue weighted by Gasteiger charge is 2.39. The Morgan fingerprint density at radius 3 is 2.93 bits per heavy atom. The number of nitrogens with one attached hydrogen (secondary N) is 2. The summed E-state index contributed by atoms with van der Waals surface area (Å²) in [5, 5.41) is 7.19. The first-order chi connectivity index (χ1) is 6.85. The van der Waals surface area contributed by atoms with Gasteiger partial charge in [-0.3, -0.25) is 0 Å². The molecule has 1 aliphatic carbocycles. The lowest BCUT2D eigenvalue weighted by atomic mass is 10.0. The predicted octanol–water partition coefficient (Wildman–Crippen LogP) is 1.47. The first-order valence-electron chi connectivity index (χ1n) is 5.86. The molecule has 0 amide bonds. The van der Waals surface area contributed by atoms with E-state index in [1.165, 1.54) is 43.9 Å². The molecular weight excluding hydrogens is 192 g/mol. The molecule has 2 fully saturated rings. The molecule has 0 radical (unpaired) electrons. The van der Waals surface area contributed by atoms with Gasteiger partial charge in [-0.15, -0.1) is 0 Å². The predicted molar refractivity (Wildman–Crippen MR) is 63.9 cm³/mol. The highest BCUT2D eigenvalue weighted by Crippen LogP contribution is 2.47. The molecule has 2 nitrogen and oxygen atoms in total. The zero-order valence-corrected chi connectivity index (χ0v) is 9.96. The molecule has 0 spiro atoms. The number of thioether (sulfide) groups is 1. The van der Waals surface area contributed by atoms with Crippen LogP contribution in [0.5, 0.6) is 0 Å². The highest BCUT2D eigenvalue weighted by atomic mass is 32.2. The summed E-state index contributed by atoms with van der Waals surface area (Å²) in [7, 11) is 0. The minimum Gasteiger partial charge on any atom is -0.315 e. The van der Waals surface area contributed by atoms with Crippen LogP contribution in [0.2, 0.25) is 0 Å². The van der Waals surface area contributed by atoms with Crippen LogP contribution >= 0.6 is 11.8 Å². The van der Waals surface area contributed by atoms with Crippen molar-refractivity contribution < 1.29 is 0 Å². The van der Waals surface area contributed by atoms with E-state index in [2.05, 4.69) is 29.3 Å². The van der Waals surface area contributed by atoms with E-state index >= 15 is 0 Å². The molecule has 2 rings (SSSR count). The summed E-state index contributed by atoms with van der Waals surface area (Å²) in [6, 6.07) is 0.710. The monoisotopic (exact) mass is 214 g/mol. The summed E-state index contributed by atoms with van der Waals surface area (Å²) >= 11 is 2.08. The molecule has 1 atom stereocenters. The molecule has 14 heavy (non-hydrogen) atoms. The molecule has 1 saturated carbocycles. The van der Waals surface area contributed by atoms with Crippen molar-refractivity contribution in [1.29, 1.82) is 0 Å². The zero-order valence-electron chi connectivity index (χ0n) is 9.14. The van der Waals surface area contributed by atoms with Crippen LogP contribution in [-0.2, 0) is 0 Å². The lowest BCUT2D eigenvalue weighted by Gasteiger charge is -2.24. The van der Waals surface area contributed by atoms with E-state index in [0.29, 0.717) is 11.5 Å². The fraction of sp³-hybridized carbons (Fsp3) is 1.00. The second-order valence-corrected chi connectivity index (χ2v) is 5.86. The summed E-state index contributed by atoms with van der Waals surface area (Å²) in [6.07, 6.45) is 4.25. The third kappa shape index (κ3) is 2.88. The Labute approximate surface area is 91.6 Å². The summed E-state index contributed by atoms with van der Waals surface area (Å²) in [5.74, 6) is 2.57. The molecule has 2 N–H and O–H groups in total. The minimum absolute atomic E-state index is 0.696. The SMILES string of the molecule is CCC1(CNCC2CSCCN2)CC1. The van der Waals surface area contributed by atoms with Gasteiger partial charge in [0.15, 0.2) is 0 Å². The lowest BCUT2D eigenvalue weighted by Crippen LogP contribution is -2.45. The van der Waals surface area contributed by atoms with Crippen LogP contribution in [0.25, 0.3) is 0 Å². The highest BCUT2D eigenvalue weighted by molar-refractivity contribution is 7.99. The van der Waals surface area contributed by atoms with Crippen LogP contribution in [0.15, 0.2) is 0 Å². The molecule has 1 heterocycles. The molecule has 1 aliphatic heterocycles. The molecule has 1 saturated heterocycles. The number of hydrogen-bond acceptors (Lipinski definition) is 3. The maximum Gasteiger partial charge on any atom is 0.0283 e. The van der Waals surface area contributed by atoms with Gasteiger partial charge in [0.2, 0.25) is 0 Å². The standard InChI is InChI=1S/C11H22N2S/c1-2-11(3-4-11)9-12-7-10-8-14-6-5-13-10/h10,12-13H,2-9H2,1H3. The molecule has 0 aromatic carbocycles. The van der Waals surface area contributed by atoms with Crippen molar-refractivity contribution in [1.82, 2.24) is 10.6 Å². The smallest absolute Gasteiger partial charge is 0.0283 e. The molecule has 0 bridgehead atoms. The van der Waals surface area contributed by atoms with Gasteiger partial charge in [-0.1, -0.05) is 6.92 Å². The van der Waals surface area contributed by atoms with Crippen molar-refractivity contribution in [2.75, 3.05) is 31.1 Å². The molecular formula is C11H22N2S. The van der Waals surface area contributed by atoms with Gasteiger partial charge in [0.25, 0.3) is 0 Å². The Balaban J connectivity index is 1.58. The van der Waals surface area contributed by atoms with E-state index in [1.54, 1.807) is 0 Å². The zero-order chi connectivity index (χ0) is 9.86. The van der Waals surface area contributed by atoms with Crippen LogP contribution in [0.4, 0.5) is 0 Å². The van der Waals surface area contributed by atoms with Gasteiger partial charge in [0, 0.05) is 37.2 Å². The third-order valence-electron chi connectivity index (χ3n) is 3.60. The second-order valence-electron chi connectivity index (χ2n) is 4.71. The topological polar surface area (TPSA) is 24.1 Å². The second kappa shape index (κ2) is 4.86. The van der Waals surface area contributed by atoms with Crippen molar-refractivity contribution in [2.24, 2.45) is 5.41 Å². The molecule has 2 aliphatic rings. The first-order valence-corrected chi connectivity index (χ1v) is 7.02. The molecule has 82 valence electrons. The summed E-state index contributed by atoms with van der Waals surface area (Å²) in [6.45, 7) is 5.92. The van der Waals surface area contributed by atoms with E-state index in [0.717, 1.165) is 6.54 Å². The minimum atomic E-state index is 0.696. The van der Waals surface area contributed by atoms with Crippen LogP contribution in [0.1, 0.15) is 26.2 Å². The summed E-state index contributed by atoms with van der Waals surface area (Å²) in [5.41, 5.74) is 0.696. The van der Waals surface area contributed by atoms with E-state index < -0.39 is 0 Å². The van der Waals surface area contributed by atoms with Gasteiger partial charge in [-0.2, -0.15) is 11.8 Å². The van der Waals surface area contributed by atoms with Gasteiger partial charge < -0.3 is 10.6 Å². The van der Waals surface area contributed by atoms with Gasteiger partial charge in [-0.25, -0.2) is 0 Å². The van der Waals surface area contributed by atoms with E-state index in [-0.39, 0.29) is 0 Å². The summed E-state index contributed by atoms with van der Waals surface area (Å²) in [4.78, 5) is 0. The van der Waals surface area contributed by atoms with Crippen LogP contribution in [-0.4, -0.2) is 37.2 Å². The van der Waals surface area contributed by atoms with E-state index in [9.17, 15) is 0 Å². The molecule has 3 heteroatoms. The molecule has 0 aromatic heterocycles. The van der Waals surface area contributed by atoms with E-state index in [1.807, 2.05) is 0 Å². The normalized spacial score (nSPS) is 30.2. The quantitative estimate of drug-likeness (QED) is 0.725. The first kappa shape index (κ1) is 10.8. The Morgan fingerprint density at radius 2 is 2.36 bits per heavy atom. The Hall–Kier alpha value is 0.270. The van der Waals surface area contributed by atoms with Gasteiger partial charge in [0.05, 0.1) is 0 Å². The number of hydrogen-bond donors (Lipinski definition) is 2. The summed E-state index contributed by atoms with van der Waals surface area (Å²) < 4.78 is 0. The van der Waals surface area contributed by atoms with Crippen molar-refractivity contribution in [3.63, 3.8) is 0 Å². The maximum absolute atomic E-state index is 3.63. The maximum atomic E-state index is 3.63. The Bertz CT molecular complexity index is 174. The Morgan fingerprint density at radius 1 is 1.50 bits per heavy atom. The van der Waals surface area contributed by atoms with Crippen molar-refractivity contribution in [2.45, 2.75) is 32.2 Å². The largest absolute Gasteiger partial charge is 0.315 e. The average Bonchev–Trinajstić information content (AvgIpc) is 3.00. The Kier molecular flexibility index (Phi) is 3.74.